The number of carboxylic acid groups (broad SMARTS) is 1. The van der Waals surface area contributed by atoms with Gasteiger partial charge in [0.1, 0.15) is 5.82 Å². The van der Waals surface area contributed by atoms with Gasteiger partial charge in [-0.1, -0.05) is 6.07 Å². The first-order chi connectivity index (χ1) is 12.2. The summed E-state index contributed by atoms with van der Waals surface area (Å²) in [6.07, 6.45) is 0. The number of nitrogens with one attached hydrogen (secondary N) is 1. The molecule has 1 aliphatic rings. The van der Waals surface area contributed by atoms with Gasteiger partial charge in [-0.15, -0.1) is 5.10 Å². The van der Waals surface area contributed by atoms with Crippen molar-refractivity contribution in [2.75, 3.05) is 36.5 Å². The molecule has 25 heavy (non-hydrogen) atoms. The third kappa shape index (κ3) is 3.11. The highest BCUT2D eigenvalue weighted by Crippen LogP contribution is 2.20. The van der Waals surface area contributed by atoms with Crippen LogP contribution in [-0.2, 0) is 4.74 Å². The zero-order chi connectivity index (χ0) is 17.2. The number of carboxylic acids is 1. The number of pyridine rings is 1. The maximum Gasteiger partial charge on any atom is 0.335 e. The van der Waals surface area contributed by atoms with E-state index in [0.29, 0.717) is 19.2 Å². The highest BCUT2D eigenvalue weighted by Gasteiger charge is 2.16. The lowest BCUT2D eigenvalue weighted by Crippen LogP contribution is -2.37. The Kier molecular flexibility index (Phi) is 3.95. The molecule has 1 aliphatic heterocycles. The summed E-state index contributed by atoms with van der Waals surface area (Å²) in [5.41, 5.74) is 1.71. The third-order valence-corrected chi connectivity index (χ3v) is 4.06. The molecule has 1 aromatic carbocycles. The average Bonchev–Trinajstić information content (AvgIpc) is 3.05. The fraction of sp³-hybridized carbons (Fsp3) is 0.235. The van der Waals surface area contributed by atoms with E-state index >= 15 is 0 Å². The molecule has 0 bridgehead atoms. The van der Waals surface area contributed by atoms with Crippen LogP contribution in [0.15, 0.2) is 42.5 Å². The van der Waals surface area contributed by atoms with Crippen LogP contribution in [0.4, 0.5) is 17.5 Å². The van der Waals surface area contributed by atoms with Crippen molar-refractivity contribution in [3.63, 3.8) is 0 Å². The Bertz CT molecular complexity index is 900. The highest BCUT2D eigenvalue weighted by molar-refractivity contribution is 5.88. The molecule has 3 heterocycles. The molecule has 1 saturated heterocycles. The number of hydrogen-bond donors (Lipinski definition) is 2. The van der Waals surface area contributed by atoms with E-state index in [-0.39, 0.29) is 5.56 Å². The Balaban J connectivity index is 1.61. The highest BCUT2D eigenvalue weighted by atomic mass is 16.5. The predicted molar refractivity (Wildman–Crippen MR) is 92.7 cm³/mol. The van der Waals surface area contributed by atoms with Crippen molar-refractivity contribution in [1.82, 2.24) is 14.6 Å². The minimum Gasteiger partial charge on any atom is -0.478 e. The van der Waals surface area contributed by atoms with E-state index in [4.69, 9.17) is 9.84 Å². The van der Waals surface area contributed by atoms with Gasteiger partial charge in [-0.2, -0.15) is 9.50 Å². The van der Waals surface area contributed by atoms with Crippen LogP contribution in [0.25, 0.3) is 5.65 Å². The van der Waals surface area contributed by atoms with E-state index in [0.717, 1.165) is 30.2 Å². The molecular weight excluding hydrogens is 322 g/mol. The number of aromatic carboxylic acids is 1. The first-order valence-corrected chi connectivity index (χ1v) is 7.99. The van der Waals surface area contributed by atoms with Crippen molar-refractivity contribution >= 4 is 29.1 Å². The summed E-state index contributed by atoms with van der Waals surface area (Å²) in [7, 11) is 0. The molecule has 0 amide bonds. The molecule has 0 spiro atoms. The lowest BCUT2D eigenvalue weighted by atomic mass is 10.2. The maximum atomic E-state index is 10.9. The third-order valence-electron chi connectivity index (χ3n) is 4.06. The minimum atomic E-state index is -0.951. The van der Waals surface area contributed by atoms with Crippen LogP contribution in [0.2, 0.25) is 0 Å². The van der Waals surface area contributed by atoms with Crippen LogP contribution in [0.1, 0.15) is 10.4 Å². The van der Waals surface area contributed by atoms with Crippen LogP contribution in [0, 0.1) is 0 Å². The smallest absolute Gasteiger partial charge is 0.335 e. The van der Waals surface area contributed by atoms with Crippen LogP contribution < -0.4 is 10.2 Å². The summed E-state index contributed by atoms with van der Waals surface area (Å²) in [4.78, 5) is 17.6. The van der Waals surface area contributed by atoms with Gasteiger partial charge in [0, 0.05) is 18.8 Å². The zero-order valence-corrected chi connectivity index (χ0v) is 13.4. The van der Waals surface area contributed by atoms with Gasteiger partial charge >= 0.3 is 5.97 Å². The van der Waals surface area contributed by atoms with Gasteiger partial charge in [-0.25, -0.2) is 4.79 Å². The van der Waals surface area contributed by atoms with Crippen molar-refractivity contribution in [3.05, 3.63) is 48.0 Å². The second kappa shape index (κ2) is 6.40. The maximum absolute atomic E-state index is 10.9. The molecule has 8 nitrogen and oxygen atoms in total. The summed E-state index contributed by atoms with van der Waals surface area (Å²) in [5.74, 6) is 0.485. The minimum absolute atomic E-state index is 0.239. The predicted octanol–water partition coefficient (Wildman–Crippen LogP) is 2.01. The first kappa shape index (κ1) is 15.4. The second-order valence-electron chi connectivity index (χ2n) is 5.70. The molecule has 0 atom stereocenters. The molecule has 2 aromatic heterocycles. The lowest BCUT2D eigenvalue weighted by Gasteiger charge is -2.28. The van der Waals surface area contributed by atoms with E-state index in [1.165, 1.54) is 0 Å². The largest absolute Gasteiger partial charge is 0.478 e. The fourth-order valence-electron chi connectivity index (χ4n) is 2.80. The van der Waals surface area contributed by atoms with Crippen molar-refractivity contribution in [1.29, 1.82) is 0 Å². The van der Waals surface area contributed by atoms with E-state index < -0.39 is 5.97 Å². The van der Waals surface area contributed by atoms with Gasteiger partial charge < -0.3 is 20.1 Å². The monoisotopic (exact) mass is 339 g/mol. The molecule has 0 saturated carbocycles. The Hall–Kier alpha value is -3.13. The Morgan fingerprint density at radius 3 is 2.60 bits per heavy atom. The number of hydrogen-bond acceptors (Lipinski definition) is 6. The summed E-state index contributed by atoms with van der Waals surface area (Å²) >= 11 is 0. The van der Waals surface area contributed by atoms with Gasteiger partial charge in [0.25, 0.3) is 0 Å². The Morgan fingerprint density at radius 1 is 1.12 bits per heavy atom. The lowest BCUT2D eigenvalue weighted by molar-refractivity contribution is 0.0697. The number of nitrogens with zero attached hydrogens (tertiary/aromatic N) is 4. The van der Waals surface area contributed by atoms with Gasteiger partial charge in [-0.3, -0.25) is 0 Å². The summed E-state index contributed by atoms with van der Waals surface area (Å²) < 4.78 is 7.21. The van der Waals surface area contributed by atoms with Crippen molar-refractivity contribution in [2.24, 2.45) is 0 Å². The van der Waals surface area contributed by atoms with Crippen LogP contribution >= 0.6 is 0 Å². The number of aromatic nitrogens is 3. The molecule has 0 radical (unpaired) electrons. The van der Waals surface area contributed by atoms with E-state index in [1.54, 1.807) is 28.8 Å². The molecule has 4 rings (SSSR count). The topological polar surface area (TPSA) is 92.0 Å². The van der Waals surface area contributed by atoms with Gasteiger partial charge in [0.15, 0.2) is 5.65 Å². The first-order valence-electron chi connectivity index (χ1n) is 7.99. The molecular formula is C17H17N5O3. The van der Waals surface area contributed by atoms with Gasteiger partial charge in [-0.05, 0) is 36.4 Å². The number of carbonyl (C=O) groups is 1. The quantitative estimate of drug-likeness (QED) is 0.751. The van der Waals surface area contributed by atoms with E-state index in [1.807, 2.05) is 18.2 Å². The number of fused-ring (bicyclic) bond motifs is 1. The van der Waals surface area contributed by atoms with Crippen molar-refractivity contribution in [3.8, 4) is 0 Å². The Morgan fingerprint density at radius 2 is 1.88 bits per heavy atom. The molecule has 8 heteroatoms. The number of benzene rings is 1. The van der Waals surface area contributed by atoms with Crippen LogP contribution in [-0.4, -0.2) is 52.0 Å². The van der Waals surface area contributed by atoms with Gasteiger partial charge in [0.2, 0.25) is 5.95 Å². The molecule has 3 aromatic rings. The standard InChI is InChI=1S/C17H17N5O3/c23-16(24)12-4-6-13(7-5-12)18-17-19-14-2-1-3-15(22(14)20-17)21-8-10-25-11-9-21/h1-7H,8-11H2,(H,18,20)(H,23,24). The second-order valence-corrected chi connectivity index (χ2v) is 5.70. The van der Waals surface area contributed by atoms with Crippen molar-refractivity contribution < 1.29 is 14.6 Å². The normalized spacial score (nSPS) is 14.6. The fourth-order valence-corrected chi connectivity index (χ4v) is 2.80. The SMILES string of the molecule is O=C(O)c1ccc(Nc2nc3cccc(N4CCOCC4)n3n2)cc1. The molecule has 0 unspecified atom stereocenters. The van der Waals surface area contributed by atoms with E-state index in [2.05, 4.69) is 20.3 Å². The molecule has 1 fully saturated rings. The Labute approximate surface area is 143 Å². The average molecular weight is 339 g/mol. The number of morpholine rings is 1. The molecule has 2 N–H and O–H groups in total. The zero-order valence-electron chi connectivity index (χ0n) is 13.4. The number of ether oxygens (including phenoxy) is 1. The van der Waals surface area contributed by atoms with Crippen LogP contribution in [0.5, 0.6) is 0 Å². The van der Waals surface area contributed by atoms with Crippen LogP contribution in [0.3, 0.4) is 0 Å². The summed E-state index contributed by atoms with van der Waals surface area (Å²) in [5, 5.41) is 16.6. The number of anilines is 3. The summed E-state index contributed by atoms with van der Waals surface area (Å²) in [6, 6.07) is 12.3. The molecule has 128 valence electrons. The summed E-state index contributed by atoms with van der Waals surface area (Å²) in [6.45, 7) is 3.04. The van der Waals surface area contributed by atoms with E-state index in [9.17, 15) is 4.79 Å². The number of rotatable bonds is 4. The van der Waals surface area contributed by atoms with Crippen molar-refractivity contribution in [2.45, 2.75) is 0 Å². The molecule has 0 aliphatic carbocycles. The van der Waals surface area contributed by atoms with Gasteiger partial charge in [0.05, 0.1) is 18.8 Å².